The molecule has 6 fully saturated rings. The van der Waals surface area contributed by atoms with Crippen LogP contribution in [0, 0.1) is 11.8 Å². The number of aliphatic imine (C=N–C) groups is 1. The molecule has 11 nitrogen and oxygen atoms in total. The van der Waals surface area contributed by atoms with E-state index in [1.165, 1.54) is 36.8 Å². The van der Waals surface area contributed by atoms with Crippen molar-refractivity contribution in [2.24, 2.45) is 16.8 Å². The highest BCUT2D eigenvalue weighted by atomic mass is 16.6. The first-order chi connectivity index (χ1) is 26.6. The molecule has 11 aliphatic rings. The van der Waals surface area contributed by atoms with E-state index in [0.29, 0.717) is 48.8 Å². The topological polar surface area (TPSA) is 126 Å². The molecule has 11 heteroatoms. The molecule has 5 aliphatic heterocycles. The van der Waals surface area contributed by atoms with E-state index in [0.717, 1.165) is 68.2 Å². The Hall–Kier alpha value is -2.93. The number of methoxy groups -OCH3 is 2. The van der Waals surface area contributed by atoms with Crippen LogP contribution in [0.5, 0.6) is 23.0 Å². The number of ether oxygens (including phenoxy) is 5. The largest absolute Gasteiger partial charge is 0.493 e. The van der Waals surface area contributed by atoms with E-state index in [4.69, 9.17) is 28.7 Å². The van der Waals surface area contributed by atoms with Crippen molar-refractivity contribution in [2.45, 2.75) is 141 Å². The van der Waals surface area contributed by atoms with Crippen molar-refractivity contribution in [1.82, 2.24) is 9.80 Å². The molecular formula is C44H53N3O8. The SMILES string of the molecule is COc1ccc2c3c1O[C@@H]1[C@]34CCN(CC3CC3)[C@H](C2)[C@]4(O)CC[C@@]12C=N[C@H]([C@]1(O)CC[C@@]3(O)[C@H]4Cc5ccc(OC)c6c5[C@@]3(CCN4CC3CC3)[C@H]1O6)O2. The van der Waals surface area contributed by atoms with Gasteiger partial charge in [0.15, 0.2) is 29.2 Å². The molecule has 0 aromatic heterocycles. The Balaban J connectivity index is 0.898. The highest BCUT2D eigenvalue weighted by Gasteiger charge is 2.80. The van der Waals surface area contributed by atoms with E-state index in [1.807, 2.05) is 18.3 Å². The molecule has 11 atom stereocenters. The summed E-state index contributed by atoms with van der Waals surface area (Å²) in [4.78, 5) is 10.3. The standard InChI is InChI=1S/C44H53N3O8/c1-51-28-9-7-26-19-30-43(49)13-11-39(36-40(43,32(26)34(28)53-36)15-17-46(30)21-24-3-4-24)23-45-38(55-39)42(48)12-14-44(50)31-20-27-8-10-29(52-2)35-33(27)41(44,37(42)54-35)16-18-47(31)22-25-5-6-25/h7-10,23-25,30-31,36-38,48-50H,3-6,11-22H2,1-2H3/t30-,31-,36+,37-,38+,39-,40+,41+,42+,43-,44-/m1/s1. The molecule has 3 N–H and O–H groups in total. The molecule has 2 saturated heterocycles. The fourth-order valence-electron chi connectivity index (χ4n) is 14.5. The summed E-state index contributed by atoms with van der Waals surface area (Å²) in [5.74, 6) is 4.11. The number of rotatable bonds is 7. The first kappa shape index (κ1) is 33.1. The Morgan fingerprint density at radius 2 is 1.22 bits per heavy atom. The summed E-state index contributed by atoms with van der Waals surface area (Å²) in [6, 6.07) is 8.27. The van der Waals surface area contributed by atoms with Crippen molar-refractivity contribution in [3.8, 4) is 23.0 Å². The van der Waals surface area contributed by atoms with E-state index in [-0.39, 0.29) is 18.5 Å². The van der Waals surface area contributed by atoms with E-state index < -0.39 is 51.7 Å². The first-order valence-corrected chi connectivity index (χ1v) is 21.2. The summed E-state index contributed by atoms with van der Waals surface area (Å²) in [6.07, 6.45) is 9.41. The fourth-order valence-corrected chi connectivity index (χ4v) is 14.5. The van der Waals surface area contributed by atoms with Gasteiger partial charge in [-0.1, -0.05) is 12.1 Å². The third kappa shape index (κ3) is 3.71. The zero-order chi connectivity index (χ0) is 36.9. The number of fused-ring (bicyclic) bond motifs is 1. The molecule has 13 rings (SSSR count). The molecule has 3 spiro atoms. The van der Waals surface area contributed by atoms with Gasteiger partial charge in [0.1, 0.15) is 23.4 Å². The molecule has 2 aromatic rings. The first-order valence-electron chi connectivity index (χ1n) is 21.2. The van der Waals surface area contributed by atoms with Crippen LogP contribution in [-0.2, 0) is 28.4 Å². The van der Waals surface area contributed by atoms with Crippen LogP contribution in [0.2, 0.25) is 0 Å². The normalized spacial score (nSPS) is 46.6. The Morgan fingerprint density at radius 3 is 1.76 bits per heavy atom. The van der Waals surface area contributed by atoms with Crippen molar-refractivity contribution in [2.75, 3.05) is 40.4 Å². The number of hydrogen-bond acceptors (Lipinski definition) is 11. The van der Waals surface area contributed by atoms with Crippen molar-refractivity contribution in [3.63, 3.8) is 0 Å². The molecule has 4 saturated carbocycles. The monoisotopic (exact) mass is 751 g/mol. The molecule has 0 radical (unpaired) electrons. The highest BCUT2D eigenvalue weighted by molar-refractivity contribution is 5.76. The van der Waals surface area contributed by atoms with Gasteiger partial charge in [-0.15, -0.1) is 0 Å². The maximum atomic E-state index is 13.4. The summed E-state index contributed by atoms with van der Waals surface area (Å²) in [7, 11) is 3.34. The van der Waals surface area contributed by atoms with Gasteiger partial charge in [0, 0.05) is 42.5 Å². The average Bonchev–Trinajstić information content (AvgIpc) is 4.07. The lowest BCUT2D eigenvalue weighted by Gasteiger charge is -2.66. The molecule has 55 heavy (non-hydrogen) atoms. The zero-order valence-electron chi connectivity index (χ0n) is 32.0. The number of aliphatic hydroxyl groups is 3. The summed E-state index contributed by atoms with van der Waals surface area (Å²) < 4.78 is 33.3. The Kier molecular flexibility index (Phi) is 6.24. The fraction of sp³-hybridized carbons (Fsp3) is 0.705. The second-order valence-electron chi connectivity index (χ2n) is 19.6. The molecular weight excluding hydrogens is 698 g/mol. The van der Waals surface area contributed by atoms with Crippen molar-refractivity contribution in [3.05, 3.63) is 46.5 Å². The summed E-state index contributed by atoms with van der Waals surface area (Å²) >= 11 is 0. The minimum Gasteiger partial charge on any atom is -0.493 e. The van der Waals surface area contributed by atoms with Gasteiger partial charge < -0.3 is 39.0 Å². The number of hydrogen-bond donors (Lipinski definition) is 3. The van der Waals surface area contributed by atoms with Crippen LogP contribution in [0.3, 0.4) is 0 Å². The van der Waals surface area contributed by atoms with Crippen LogP contribution >= 0.6 is 0 Å². The zero-order valence-corrected chi connectivity index (χ0v) is 32.0. The van der Waals surface area contributed by atoms with Crippen LogP contribution in [0.4, 0.5) is 0 Å². The van der Waals surface area contributed by atoms with Crippen LogP contribution in [-0.4, -0.2) is 125 Å². The predicted molar refractivity (Wildman–Crippen MR) is 200 cm³/mol. The number of likely N-dealkylation sites (tertiary alicyclic amines) is 2. The molecule has 5 heterocycles. The minimum absolute atomic E-state index is 0.00909. The van der Waals surface area contributed by atoms with Gasteiger partial charge in [-0.05, 0) is 125 Å². The number of benzene rings is 2. The molecule has 6 aliphatic carbocycles. The second-order valence-corrected chi connectivity index (χ2v) is 19.6. The van der Waals surface area contributed by atoms with Gasteiger partial charge in [0.25, 0.3) is 0 Å². The third-order valence-corrected chi connectivity index (χ3v) is 17.3. The van der Waals surface area contributed by atoms with Crippen molar-refractivity contribution in [1.29, 1.82) is 0 Å². The third-order valence-electron chi connectivity index (χ3n) is 17.3. The highest BCUT2D eigenvalue weighted by Crippen LogP contribution is 2.71. The quantitative estimate of drug-likeness (QED) is 0.388. The van der Waals surface area contributed by atoms with Gasteiger partial charge >= 0.3 is 0 Å². The van der Waals surface area contributed by atoms with Crippen LogP contribution < -0.4 is 18.9 Å². The number of nitrogens with zero attached hydrogens (tertiary/aromatic N) is 3. The Bertz CT molecular complexity index is 2070. The maximum Gasteiger partial charge on any atom is 0.181 e. The molecule has 292 valence electrons. The molecule has 2 aromatic carbocycles. The van der Waals surface area contributed by atoms with Crippen molar-refractivity contribution < 1.29 is 39.0 Å². The van der Waals surface area contributed by atoms with Gasteiger partial charge in [0.05, 0.1) is 36.3 Å². The number of piperidine rings is 2. The van der Waals surface area contributed by atoms with E-state index >= 15 is 0 Å². The smallest absolute Gasteiger partial charge is 0.181 e. The van der Waals surface area contributed by atoms with E-state index in [9.17, 15) is 15.3 Å². The lowest BCUT2D eigenvalue weighted by Crippen LogP contribution is -2.81. The second kappa shape index (κ2) is 10.4. The summed E-state index contributed by atoms with van der Waals surface area (Å²) in [5, 5.41) is 39.8. The lowest BCUT2D eigenvalue weighted by molar-refractivity contribution is -0.280. The van der Waals surface area contributed by atoms with Crippen LogP contribution in [0.15, 0.2) is 29.3 Å². The maximum absolute atomic E-state index is 13.4. The lowest BCUT2D eigenvalue weighted by atomic mass is 9.46. The Labute approximate surface area is 321 Å². The predicted octanol–water partition coefficient (Wildman–Crippen LogP) is 3.43. The summed E-state index contributed by atoms with van der Waals surface area (Å²) in [6.45, 7) is 3.78. The Morgan fingerprint density at radius 1 is 0.691 bits per heavy atom. The van der Waals surface area contributed by atoms with E-state index in [2.05, 4.69) is 21.9 Å². The van der Waals surface area contributed by atoms with E-state index in [1.54, 1.807) is 14.2 Å². The van der Waals surface area contributed by atoms with Crippen LogP contribution in [0.1, 0.15) is 86.5 Å². The molecule has 4 bridgehead atoms. The van der Waals surface area contributed by atoms with Crippen molar-refractivity contribution >= 4 is 6.21 Å². The van der Waals surface area contributed by atoms with Gasteiger partial charge in [-0.25, -0.2) is 0 Å². The van der Waals surface area contributed by atoms with Crippen LogP contribution in [0.25, 0.3) is 0 Å². The molecule has 0 unspecified atom stereocenters. The molecule has 0 amide bonds. The van der Waals surface area contributed by atoms with Gasteiger partial charge in [-0.3, -0.25) is 14.8 Å². The summed E-state index contributed by atoms with van der Waals surface area (Å²) in [5.41, 5.74) is -1.68. The van der Waals surface area contributed by atoms with Gasteiger partial charge in [-0.2, -0.15) is 0 Å². The minimum atomic E-state index is -1.55. The van der Waals surface area contributed by atoms with Gasteiger partial charge in [0.2, 0.25) is 0 Å². The average molecular weight is 752 g/mol.